The van der Waals surface area contributed by atoms with Crippen LogP contribution in [0.2, 0.25) is 0 Å². The Morgan fingerprint density at radius 2 is 1.09 bits per heavy atom. The molecule has 1 aliphatic rings. The minimum Gasteiger partial charge on any atom is -0.480 e. The molecule has 1 fully saturated rings. The summed E-state index contributed by atoms with van der Waals surface area (Å²) < 4.78 is 0. The molecule has 1 aliphatic heterocycles. The summed E-state index contributed by atoms with van der Waals surface area (Å²) in [5.74, 6) is -4.61. The molecule has 18 nitrogen and oxygen atoms in total. The number of aldehydes is 1. The van der Waals surface area contributed by atoms with Crippen molar-refractivity contribution in [3.8, 4) is 0 Å². The highest BCUT2D eigenvalue weighted by molar-refractivity contribution is 6.37. The highest BCUT2D eigenvalue weighted by Crippen LogP contribution is 2.03. The summed E-state index contributed by atoms with van der Waals surface area (Å²) in [6.45, 7) is 1.19. The number of carbonyl (C=O) groups excluding carboxylic acids is 4. The van der Waals surface area contributed by atoms with Crippen molar-refractivity contribution in [1.29, 1.82) is 0 Å². The van der Waals surface area contributed by atoms with E-state index in [2.05, 4.69) is 16.2 Å². The summed E-state index contributed by atoms with van der Waals surface area (Å²) in [5.41, 5.74) is 4.85. The van der Waals surface area contributed by atoms with Crippen LogP contribution in [0.3, 0.4) is 0 Å². The van der Waals surface area contributed by atoms with Gasteiger partial charge in [-0.05, 0) is 12.8 Å². The molecule has 1 atom stereocenters. The number of Topliss-reactive ketones (excluding diaryl/α,β-unsaturated/α-hetero) is 2. The number of nitrogens with one attached hydrogen (secondary N) is 3. The normalized spacial score (nSPS) is 17.0. The lowest BCUT2D eigenvalue weighted by atomic mass is 10.1. The standard InChI is InChI=1S/C27H47N7O11/c35-19-21(20-36)30-29-14-23(38)22(37)4-2-1-3-5-28-24(39)15-31-6-8-32(16-25(40)41)10-12-34(18-27(44)45)13-11-33(9-7-31)17-26(42)43/h19,21,29-30,36H,1-18,20H2,(H,28,39)(H,40,41)(H,42,43)(H,44,45)/t21-/m1/s1. The molecular weight excluding hydrogens is 598 g/mol. The molecule has 0 saturated carbocycles. The Bertz CT molecular complexity index is 953. The van der Waals surface area contributed by atoms with Gasteiger partial charge in [-0.2, -0.15) is 0 Å². The van der Waals surface area contributed by atoms with E-state index in [9.17, 15) is 48.9 Å². The van der Waals surface area contributed by atoms with Crippen LogP contribution in [0, 0.1) is 0 Å². The number of nitrogens with zero attached hydrogens (tertiary/aromatic N) is 4. The molecule has 1 rings (SSSR count). The number of hydrogen-bond acceptors (Lipinski definition) is 14. The number of rotatable bonds is 21. The Hall–Kier alpha value is -3.39. The molecule has 0 aromatic heterocycles. The van der Waals surface area contributed by atoms with Crippen molar-refractivity contribution in [3.63, 3.8) is 0 Å². The molecular formula is C27H47N7O11. The SMILES string of the molecule is O=C[C@H](CO)NNCC(=O)C(=O)CCCCCNC(=O)CN1CCN(CC(=O)O)CCN(CC(=O)O)CCN(CC(=O)O)CC1. The van der Waals surface area contributed by atoms with E-state index >= 15 is 0 Å². The van der Waals surface area contributed by atoms with Crippen LogP contribution < -0.4 is 16.2 Å². The third-order valence-corrected chi connectivity index (χ3v) is 6.98. The van der Waals surface area contributed by atoms with Crippen LogP contribution in [0.5, 0.6) is 0 Å². The summed E-state index contributed by atoms with van der Waals surface area (Å²) in [4.78, 5) is 88.1. The van der Waals surface area contributed by atoms with Gasteiger partial charge in [0.1, 0.15) is 6.29 Å². The fraction of sp³-hybridized carbons (Fsp3) is 0.741. The molecule has 0 aliphatic carbocycles. The molecule has 1 amide bonds. The summed E-state index contributed by atoms with van der Waals surface area (Å²) in [5, 5.41) is 39.6. The number of carboxylic acid groups (broad SMARTS) is 3. The monoisotopic (exact) mass is 645 g/mol. The van der Waals surface area contributed by atoms with Gasteiger partial charge >= 0.3 is 17.9 Å². The second-order valence-corrected chi connectivity index (χ2v) is 10.7. The summed E-state index contributed by atoms with van der Waals surface area (Å²) in [6, 6.07) is -0.883. The van der Waals surface area contributed by atoms with Gasteiger partial charge in [0.25, 0.3) is 0 Å². The minimum atomic E-state index is -1.04. The highest BCUT2D eigenvalue weighted by Gasteiger charge is 2.21. The average molecular weight is 646 g/mol. The van der Waals surface area contributed by atoms with Crippen molar-refractivity contribution in [2.75, 3.05) is 98.2 Å². The second kappa shape index (κ2) is 23.0. The molecule has 0 unspecified atom stereocenters. The molecule has 1 heterocycles. The van der Waals surface area contributed by atoms with Crippen LogP contribution in [-0.2, 0) is 33.6 Å². The molecule has 0 bridgehead atoms. The Balaban J connectivity index is 2.57. The van der Waals surface area contributed by atoms with Gasteiger partial charge in [0, 0.05) is 65.3 Å². The largest absolute Gasteiger partial charge is 0.480 e. The summed E-state index contributed by atoms with van der Waals surface area (Å²) in [6.07, 6.45) is 2.09. The van der Waals surface area contributed by atoms with E-state index in [1.165, 1.54) is 0 Å². The average Bonchev–Trinajstić information content (AvgIpc) is 2.97. The lowest BCUT2D eigenvalue weighted by Crippen LogP contribution is -2.49. The molecule has 256 valence electrons. The molecule has 0 radical (unpaired) electrons. The van der Waals surface area contributed by atoms with Gasteiger partial charge < -0.3 is 30.5 Å². The van der Waals surface area contributed by atoms with E-state index in [1.807, 2.05) is 4.90 Å². The van der Waals surface area contributed by atoms with Crippen LogP contribution >= 0.6 is 0 Å². The number of carboxylic acids is 3. The number of aliphatic hydroxyl groups is 1. The van der Waals surface area contributed by atoms with Crippen LogP contribution in [0.15, 0.2) is 0 Å². The molecule has 0 aromatic carbocycles. The Morgan fingerprint density at radius 3 is 1.49 bits per heavy atom. The number of unbranched alkanes of at least 4 members (excludes halogenated alkanes) is 2. The smallest absolute Gasteiger partial charge is 0.317 e. The number of carbonyl (C=O) groups is 7. The summed E-state index contributed by atoms with van der Waals surface area (Å²) in [7, 11) is 0. The van der Waals surface area contributed by atoms with Gasteiger partial charge in [-0.3, -0.25) is 48.4 Å². The fourth-order valence-electron chi connectivity index (χ4n) is 4.48. The number of aliphatic carboxylic acids is 3. The van der Waals surface area contributed by atoms with E-state index in [4.69, 9.17) is 5.11 Å². The third kappa shape index (κ3) is 19.6. The van der Waals surface area contributed by atoms with E-state index in [1.54, 1.807) is 14.7 Å². The van der Waals surface area contributed by atoms with Gasteiger partial charge in [0.2, 0.25) is 11.7 Å². The molecule has 7 N–H and O–H groups in total. The maximum atomic E-state index is 12.7. The van der Waals surface area contributed by atoms with Gasteiger partial charge in [-0.25, -0.2) is 10.9 Å². The lowest BCUT2D eigenvalue weighted by Gasteiger charge is -2.32. The zero-order chi connectivity index (χ0) is 33.6. The summed E-state index contributed by atoms with van der Waals surface area (Å²) >= 11 is 0. The zero-order valence-corrected chi connectivity index (χ0v) is 25.5. The first kappa shape index (κ1) is 39.6. The van der Waals surface area contributed by atoms with Crippen molar-refractivity contribution < 1.29 is 54.0 Å². The Morgan fingerprint density at radius 1 is 0.644 bits per heavy atom. The highest BCUT2D eigenvalue weighted by atomic mass is 16.4. The van der Waals surface area contributed by atoms with E-state index in [0.29, 0.717) is 58.3 Å². The van der Waals surface area contributed by atoms with Crippen molar-refractivity contribution in [3.05, 3.63) is 0 Å². The Kier molecular flexibility index (Phi) is 20.3. The first-order valence-corrected chi connectivity index (χ1v) is 14.9. The molecule has 0 spiro atoms. The predicted molar refractivity (Wildman–Crippen MR) is 158 cm³/mol. The third-order valence-electron chi connectivity index (χ3n) is 6.98. The molecule has 1 saturated heterocycles. The Labute approximate surface area is 261 Å². The van der Waals surface area contributed by atoms with Crippen LogP contribution in [0.4, 0.5) is 0 Å². The number of aliphatic hydroxyl groups excluding tert-OH is 1. The van der Waals surface area contributed by atoms with E-state index in [0.717, 1.165) is 0 Å². The van der Waals surface area contributed by atoms with Gasteiger partial charge in [0.15, 0.2) is 5.78 Å². The van der Waals surface area contributed by atoms with Crippen LogP contribution in [0.1, 0.15) is 25.7 Å². The number of hydrazine groups is 1. The van der Waals surface area contributed by atoms with Gasteiger partial charge in [-0.15, -0.1) is 0 Å². The maximum absolute atomic E-state index is 12.7. The molecule has 18 heteroatoms. The van der Waals surface area contributed by atoms with E-state index < -0.39 is 42.1 Å². The lowest BCUT2D eigenvalue weighted by molar-refractivity contribution is -0.140. The quantitative estimate of drug-likeness (QED) is 0.0271. The van der Waals surface area contributed by atoms with E-state index in [-0.39, 0.29) is 71.2 Å². The maximum Gasteiger partial charge on any atom is 0.317 e. The topological polar surface area (TPSA) is 249 Å². The van der Waals surface area contributed by atoms with Crippen molar-refractivity contribution in [2.24, 2.45) is 0 Å². The van der Waals surface area contributed by atoms with Gasteiger partial charge in [0.05, 0.1) is 45.4 Å². The number of ketones is 2. The minimum absolute atomic E-state index is 0.00221. The first-order valence-electron chi connectivity index (χ1n) is 14.9. The number of amides is 1. The molecule has 0 aromatic rings. The van der Waals surface area contributed by atoms with Crippen molar-refractivity contribution in [2.45, 2.75) is 31.7 Å². The van der Waals surface area contributed by atoms with Crippen molar-refractivity contribution >= 4 is 41.7 Å². The van der Waals surface area contributed by atoms with Crippen LogP contribution in [-0.4, -0.2) is 186 Å². The number of hydrogen-bond donors (Lipinski definition) is 7. The second-order valence-electron chi connectivity index (χ2n) is 10.7. The predicted octanol–water partition coefficient (Wildman–Crippen LogP) is -4.07. The molecule has 45 heavy (non-hydrogen) atoms. The fourth-order valence-corrected chi connectivity index (χ4v) is 4.48. The van der Waals surface area contributed by atoms with Gasteiger partial charge in [-0.1, -0.05) is 6.42 Å². The van der Waals surface area contributed by atoms with Crippen molar-refractivity contribution in [1.82, 2.24) is 35.8 Å². The van der Waals surface area contributed by atoms with Crippen LogP contribution in [0.25, 0.3) is 0 Å². The first-order chi connectivity index (χ1) is 21.4. The zero-order valence-electron chi connectivity index (χ0n) is 25.5.